The lowest BCUT2D eigenvalue weighted by atomic mass is 10.1. The van der Waals surface area contributed by atoms with Crippen molar-refractivity contribution < 1.29 is 28.6 Å². The van der Waals surface area contributed by atoms with Crippen LogP contribution in [0.25, 0.3) is 0 Å². The molecule has 2 heterocycles. The van der Waals surface area contributed by atoms with Crippen LogP contribution in [0.2, 0.25) is 0 Å². The molecule has 0 saturated heterocycles. The van der Waals surface area contributed by atoms with Crippen LogP contribution in [0.3, 0.4) is 0 Å². The third-order valence-corrected chi connectivity index (χ3v) is 4.54. The summed E-state index contributed by atoms with van der Waals surface area (Å²) in [7, 11) is 0. The van der Waals surface area contributed by atoms with E-state index in [0.717, 1.165) is 5.56 Å². The minimum atomic E-state index is -0.555. The van der Waals surface area contributed by atoms with Gasteiger partial charge in [-0.3, -0.25) is 9.59 Å². The minimum absolute atomic E-state index is 0.0574. The van der Waals surface area contributed by atoms with Gasteiger partial charge in [0, 0.05) is 11.6 Å². The zero-order chi connectivity index (χ0) is 18.0. The molecule has 7 nitrogen and oxygen atoms in total. The second-order valence-electron chi connectivity index (χ2n) is 5.36. The van der Waals surface area contributed by atoms with Crippen molar-refractivity contribution in [3.63, 3.8) is 0 Å². The minimum Gasteiger partial charge on any atom is -0.454 e. The predicted octanol–water partition coefficient (Wildman–Crippen LogP) is 2.78. The van der Waals surface area contributed by atoms with E-state index in [1.54, 1.807) is 18.4 Å². The Morgan fingerprint density at radius 1 is 1.24 bits per heavy atom. The van der Waals surface area contributed by atoms with Crippen LogP contribution in [-0.2, 0) is 9.53 Å². The second kappa shape index (κ2) is 6.94. The van der Waals surface area contributed by atoms with Crippen LogP contribution in [0.5, 0.6) is 11.5 Å². The third-order valence-electron chi connectivity index (χ3n) is 3.55. The number of ether oxygens (including phenoxy) is 3. The Morgan fingerprint density at radius 2 is 1.96 bits per heavy atom. The van der Waals surface area contributed by atoms with Gasteiger partial charge in [0.05, 0.1) is 5.69 Å². The average Bonchev–Trinajstić information content (AvgIpc) is 3.19. The lowest BCUT2D eigenvalue weighted by Crippen LogP contribution is -2.22. The number of ketones is 1. The van der Waals surface area contributed by atoms with Gasteiger partial charge in [0.25, 0.3) is 5.91 Å². The van der Waals surface area contributed by atoms with Crippen LogP contribution in [0.1, 0.15) is 32.5 Å². The quantitative estimate of drug-likeness (QED) is 0.650. The summed E-state index contributed by atoms with van der Waals surface area (Å²) in [4.78, 5) is 36.2. The number of carbonyl (C=O) groups excluding carboxylic acids is 3. The summed E-state index contributed by atoms with van der Waals surface area (Å²) < 4.78 is 15.5. The number of nitrogens with one attached hydrogen (secondary N) is 1. The van der Waals surface area contributed by atoms with Gasteiger partial charge in [-0.05, 0) is 36.9 Å². The number of rotatable bonds is 5. The van der Waals surface area contributed by atoms with Gasteiger partial charge < -0.3 is 19.5 Å². The molecular formula is C17H15NO6S. The van der Waals surface area contributed by atoms with Crippen LogP contribution in [-0.4, -0.2) is 31.1 Å². The molecule has 1 aliphatic rings. The van der Waals surface area contributed by atoms with Crippen LogP contribution >= 0.6 is 11.3 Å². The van der Waals surface area contributed by atoms with Gasteiger partial charge in [0.2, 0.25) is 6.79 Å². The molecule has 0 spiro atoms. The van der Waals surface area contributed by atoms with E-state index >= 15 is 0 Å². The van der Waals surface area contributed by atoms with Crippen molar-refractivity contribution in [3.8, 4) is 11.5 Å². The first-order chi connectivity index (χ1) is 12.0. The summed E-state index contributed by atoms with van der Waals surface area (Å²) >= 11 is 1.25. The van der Waals surface area contributed by atoms with Crippen molar-refractivity contribution in [2.24, 2.45) is 0 Å². The highest BCUT2D eigenvalue weighted by atomic mass is 32.1. The molecule has 0 unspecified atom stereocenters. The van der Waals surface area contributed by atoms with Crippen molar-refractivity contribution in [1.29, 1.82) is 0 Å². The fraction of sp³-hybridized carbons (Fsp3) is 0.235. The Kier molecular flexibility index (Phi) is 4.71. The van der Waals surface area contributed by atoms with E-state index in [1.807, 2.05) is 0 Å². The molecule has 0 aliphatic carbocycles. The summed E-state index contributed by atoms with van der Waals surface area (Å²) in [6, 6.07) is 4.83. The summed E-state index contributed by atoms with van der Waals surface area (Å²) in [5, 5.41) is 4.34. The summed E-state index contributed by atoms with van der Waals surface area (Å²) in [5.74, 6) is -0.460. The molecule has 1 N–H and O–H groups in total. The molecule has 8 heteroatoms. The number of esters is 1. The van der Waals surface area contributed by atoms with Crippen LogP contribution in [0, 0.1) is 6.92 Å². The molecule has 1 amide bonds. The molecule has 1 aromatic heterocycles. The molecule has 1 aromatic carbocycles. The number of hydrogen-bond donors (Lipinski definition) is 1. The largest absolute Gasteiger partial charge is 0.454 e. The standard InChI is InChI=1S/C17H15NO6S/c1-9-3-4-25-16(9)17(21)22-7-15(20)18-12-6-14-13(23-8-24-14)5-11(12)10(2)19/h3-6H,7-8H2,1-2H3,(H,18,20). The molecule has 2 aromatic rings. The number of aryl methyl sites for hydroxylation is 1. The van der Waals surface area contributed by atoms with E-state index in [9.17, 15) is 14.4 Å². The molecule has 0 bridgehead atoms. The number of anilines is 1. The van der Waals surface area contributed by atoms with E-state index in [0.29, 0.717) is 16.4 Å². The van der Waals surface area contributed by atoms with E-state index in [2.05, 4.69) is 5.32 Å². The second-order valence-corrected chi connectivity index (χ2v) is 6.28. The molecule has 130 valence electrons. The van der Waals surface area contributed by atoms with Crippen molar-refractivity contribution in [2.45, 2.75) is 13.8 Å². The van der Waals surface area contributed by atoms with Crippen LogP contribution in [0.15, 0.2) is 23.6 Å². The first-order valence-electron chi connectivity index (χ1n) is 7.41. The maximum atomic E-state index is 12.1. The summed E-state index contributed by atoms with van der Waals surface area (Å²) in [6.45, 7) is 2.77. The van der Waals surface area contributed by atoms with E-state index in [-0.39, 0.29) is 23.8 Å². The van der Waals surface area contributed by atoms with Gasteiger partial charge in [-0.25, -0.2) is 4.79 Å². The molecule has 0 atom stereocenters. The van der Waals surface area contributed by atoms with Gasteiger partial charge in [0.15, 0.2) is 23.9 Å². The van der Waals surface area contributed by atoms with Gasteiger partial charge in [0.1, 0.15) is 4.88 Å². The smallest absolute Gasteiger partial charge is 0.349 e. The van der Waals surface area contributed by atoms with Crippen molar-refractivity contribution in [2.75, 3.05) is 18.7 Å². The van der Waals surface area contributed by atoms with Crippen LogP contribution in [0.4, 0.5) is 5.69 Å². The lowest BCUT2D eigenvalue weighted by Gasteiger charge is -2.11. The average molecular weight is 361 g/mol. The van der Waals surface area contributed by atoms with E-state index in [1.165, 1.54) is 30.4 Å². The lowest BCUT2D eigenvalue weighted by molar-refractivity contribution is -0.119. The molecule has 25 heavy (non-hydrogen) atoms. The summed E-state index contributed by atoms with van der Waals surface area (Å²) in [5.41, 5.74) is 1.37. The SMILES string of the molecule is CC(=O)c1cc2c(cc1NC(=O)COC(=O)c1sccc1C)OCO2. The predicted molar refractivity (Wildman–Crippen MR) is 90.5 cm³/mol. The highest BCUT2D eigenvalue weighted by molar-refractivity contribution is 7.12. The highest BCUT2D eigenvalue weighted by Crippen LogP contribution is 2.37. The first-order valence-corrected chi connectivity index (χ1v) is 8.29. The number of amides is 1. The first kappa shape index (κ1) is 17.0. The number of carbonyl (C=O) groups is 3. The van der Waals surface area contributed by atoms with Crippen molar-refractivity contribution >= 4 is 34.7 Å². The number of benzene rings is 1. The maximum Gasteiger partial charge on any atom is 0.349 e. The normalized spacial score (nSPS) is 11.9. The monoisotopic (exact) mass is 361 g/mol. The van der Waals surface area contributed by atoms with Crippen molar-refractivity contribution in [1.82, 2.24) is 0 Å². The Hall–Kier alpha value is -2.87. The zero-order valence-electron chi connectivity index (χ0n) is 13.6. The fourth-order valence-corrected chi connectivity index (χ4v) is 3.12. The molecule has 0 radical (unpaired) electrons. The number of hydrogen-bond acceptors (Lipinski definition) is 7. The van der Waals surface area contributed by atoms with E-state index in [4.69, 9.17) is 14.2 Å². The molecule has 0 fully saturated rings. The Morgan fingerprint density at radius 3 is 2.60 bits per heavy atom. The fourth-order valence-electron chi connectivity index (χ4n) is 2.30. The zero-order valence-corrected chi connectivity index (χ0v) is 14.4. The Labute approximate surface area is 147 Å². The number of thiophene rings is 1. The highest BCUT2D eigenvalue weighted by Gasteiger charge is 2.21. The third kappa shape index (κ3) is 3.63. The Balaban J connectivity index is 1.68. The summed E-state index contributed by atoms with van der Waals surface area (Å²) in [6.07, 6.45) is 0. The molecule has 0 saturated carbocycles. The molecule has 1 aliphatic heterocycles. The van der Waals surface area contributed by atoms with Gasteiger partial charge >= 0.3 is 5.97 Å². The van der Waals surface area contributed by atoms with Gasteiger partial charge in [-0.15, -0.1) is 11.3 Å². The van der Waals surface area contributed by atoms with Crippen molar-refractivity contribution in [3.05, 3.63) is 39.6 Å². The van der Waals surface area contributed by atoms with E-state index < -0.39 is 18.5 Å². The van der Waals surface area contributed by atoms with Gasteiger partial charge in [-0.1, -0.05) is 0 Å². The molecule has 3 rings (SSSR count). The molecular weight excluding hydrogens is 346 g/mol. The topological polar surface area (TPSA) is 90.9 Å². The maximum absolute atomic E-state index is 12.1. The van der Waals surface area contributed by atoms with Crippen LogP contribution < -0.4 is 14.8 Å². The Bertz CT molecular complexity index is 857. The number of Topliss-reactive ketones (excluding diaryl/α,β-unsaturated/α-hetero) is 1. The van der Waals surface area contributed by atoms with Gasteiger partial charge in [-0.2, -0.15) is 0 Å². The number of fused-ring (bicyclic) bond motifs is 1.